The third kappa shape index (κ3) is 5.98. The molecule has 0 aromatic heterocycles. The van der Waals surface area contributed by atoms with Crippen LogP contribution in [0.25, 0.3) is 0 Å². The summed E-state index contributed by atoms with van der Waals surface area (Å²) in [5, 5.41) is 9.54. The number of hydrogen-bond acceptors (Lipinski definition) is 4. The maximum Gasteiger partial charge on any atom is 0.217 e. The fraction of sp³-hybridized carbons (Fsp3) is 0.381. The molecule has 0 bridgehead atoms. The molecule has 0 aliphatic carbocycles. The average Bonchev–Trinajstić information content (AvgIpc) is 3.08. The van der Waals surface area contributed by atoms with E-state index in [1.165, 1.54) is 24.6 Å². The van der Waals surface area contributed by atoms with Crippen molar-refractivity contribution < 1.29 is 13.6 Å². The molecule has 0 unspecified atom stereocenters. The Kier molecular flexibility index (Phi) is 7.21. The SMILES string of the molecule is CC(=O)N[C@@H](Cc1cc(F)cc(F)c1)[C@H](N)CNCc1cc(Br)cc2c1NCC2. The predicted molar refractivity (Wildman–Crippen MR) is 114 cm³/mol. The van der Waals surface area contributed by atoms with Gasteiger partial charge < -0.3 is 21.7 Å². The van der Waals surface area contributed by atoms with Crippen molar-refractivity contribution in [2.45, 2.75) is 38.4 Å². The highest BCUT2D eigenvalue weighted by atomic mass is 79.9. The zero-order valence-corrected chi connectivity index (χ0v) is 17.8. The zero-order chi connectivity index (χ0) is 21.0. The van der Waals surface area contributed by atoms with Crippen molar-refractivity contribution in [3.63, 3.8) is 0 Å². The first-order valence-electron chi connectivity index (χ1n) is 9.55. The molecule has 1 amide bonds. The van der Waals surface area contributed by atoms with E-state index in [0.29, 0.717) is 18.7 Å². The molecule has 5 N–H and O–H groups in total. The summed E-state index contributed by atoms with van der Waals surface area (Å²) in [6.45, 7) is 3.37. The molecule has 2 aromatic rings. The van der Waals surface area contributed by atoms with Crippen LogP contribution in [-0.2, 0) is 24.2 Å². The van der Waals surface area contributed by atoms with Gasteiger partial charge in [-0.05, 0) is 53.8 Å². The first kappa shape index (κ1) is 21.7. The summed E-state index contributed by atoms with van der Waals surface area (Å²) < 4.78 is 28.0. The van der Waals surface area contributed by atoms with Gasteiger partial charge in [-0.1, -0.05) is 15.9 Å². The Morgan fingerprint density at radius 2 is 1.97 bits per heavy atom. The highest BCUT2D eigenvalue weighted by Gasteiger charge is 2.21. The van der Waals surface area contributed by atoms with Crippen LogP contribution in [0.1, 0.15) is 23.6 Å². The van der Waals surface area contributed by atoms with Gasteiger partial charge >= 0.3 is 0 Å². The molecule has 0 saturated carbocycles. The first-order valence-corrected chi connectivity index (χ1v) is 10.3. The Morgan fingerprint density at radius 1 is 1.24 bits per heavy atom. The fourth-order valence-electron chi connectivity index (χ4n) is 3.68. The lowest BCUT2D eigenvalue weighted by Gasteiger charge is -2.25. The molecule has 5 nitrogen and oxygen atoms in total. The maximum absolute atomic E-state index is 13.5. The average molecular weight is 467 g/mol. The van der Waals surface area contributed by atoms with Crippen molar-refractivity contribution in [3.05, 3.63) is 63.1 Å². The largest absolute Gasteiger partial charge is 0.384 e. The van der Waals surface area contributed by atoms with Crippen molar-refractivity contribution in [2.24, 2.45) is 5.73 Å². The van der Waals surface area contributed by atoms with E-state index < -0.39 is 23.7 Å². The van der Waals surface area contributed by atoms with E-state index in [1.807, 2.05) is 0 Å². The second-order valence-corrected chi connectivity index (χ2v) is 8.28. The molecule has 1 heterocycles. The standard InChI is InChI=1S/C21H25BrF2N4O/c1-12(29)28-20(6-13-4-17(23)9-18(24)5-13)19(25)11-26-10-15-8-16(22)7-14-2-3-27-21(14)15/h4-5,7-9,19-20,26-27H,2-3,6,10-11,25H2,1H3,(H,28,29)/t19-,20+/m1/s1. The number of carbonyl (C=O) groups is 1. The zero-order valence-electron chi connectivity index (χ0n) is 16.2. The summed E-state index contributed by atoms with van der Waals surface area (Å²) in [6, 6.07) is 6.64. The number of nitrogens with one attached hydrogen (secondary N) is 3. The van der Waals surface area contributed by atoms with E-state index >= 15 is 0 Å². The lowest BCUT2D eigenvalue weighted by molar-refractivity contribution is -0.119. The molecule has 29 heavy (non-hydrogen) atoms. The summed E-state index contributed by atoms with van der Waals surface area (Å²) >= 11 is 3.55. The maximum atomic E-state index is 13.5. The highest BCUT2D eigenvalue weighted by molar-refractivity contribution is 9.10. The summed E-state index contributed by atoms with van der Waals surface area (Å²) in [6.07, 6.45) is 1.24. The first-order chi connectivity index (χ1) is 13.8. The van der Waals surface area contributed by atoms with E-state index in [1.54, 1.807) is 0 Å². The van der Waals surface area contributed by atoms with Crippen molar-refractivity contribution in [3.8, 4) is 0 Å². The Bertz CT molecular complexity index is 873. The third-order valence-corrected chi connectivity index (χ3v) is 5.40. The van der Waals surface area contributed by atoms with Gasteiger partial charge in [0, 0.05) is 54.9 Å². The molecule has 0 spiro atoms. The molecule has 0 fully saturated rings. The molecule has 0 saturated heterocycles. The van der Waals surface area contributed by atoms with Crippen molar-refractivity contribution in [2.75, 3.05) is 18.4 Å². The second kappa shape index (κ2) is 9.65. The summed E-state index contributed by atoms with van der Waals surface area (Å²) in [4.78, 5) is 11.6. The minimum atomic E-state index is -0.649. The van der Waals surface area contributed by atoms with Crippen LogP contribution in [0.5, 0.6) is 0 Å². The molecular weight excluding hydrogens is 442 g/mol. The summed E-state index contributed by atoms with van der Waals surface area (Å²) in [5.41, 5.74) is 10.3. The fourth-order valence-corrected chi connectivity index (χ4v) is 4.23. The summed E-state index contributed by atoms with van der Waals surface area (Å²) in [7, 11) is 0. The van der Waals surface area contributed by atoms with Crippen LogP contribution in [0, 0.1) is 11.6 Å². The number of rotatable bonds is 8. The number of nitrogens with two attached hydrogens (primary N) is 1. The molecule has 2 aromatic carbocycles. The Balaban J connectivity index is 1.63. The molecule has 8 heteroatoms. The summed E-state index contributed by atoms with van der Waals surface area (Å²) in [5.74, 6) is -1.54. The van der Waals surface area contributed by atoms with Crippen LogP contribution in [0.2, 0.25) is 0 Å². The van der Waals surface area contributed by atoms with Crippen LogP contribution >= 0.6 is 15.9 Å². The van der Waals surface area contributed by atoms with E-state index in [4.69, 9.17) is 5.73 Å². The van der Waals surface area contributed by atoms with Gasteiger partial charge in [-0.25, -0.2) is 8.78 Å². The number of fused-ring (bicyclic) bond motifs is 1. The van der Waals surface area contributed by atoms with Gasteiger partial charge in [0.15, 0.2) is 0 Å². The third-order valence-electron chi connectivity index (χ3n) is 4.94. The van der Waals surface area contributed by atoms with Gasteiger partial charge in [-0.3, -0.25) is 4.79 Å². The van der Waals surface area contributed by atoms with Crippen LogP contribution < -0.4 is 21.7 Å². The van der Waals surface area contributed by atoms with Gasteiger partial charge in [-0.15, -0.1) is 0 Å². The number of amides is 1. The Labute approximate surface area is 177 Å². The minimum Gasteiger partial charge on any atom is -0.384 e. The van der Waals surface area contributed by atoms with Gasteiger partial charge in [0.25, 0.3) is 0 Å². The highest BCUT2D eigenvalue weighted by Crippen LogP contribution is 2.30. The topological polar surface area (TPSA) is 79.2 Å². The molecule has 0 radical (unpaired) electrons. The van der Waals surface area contributed by atoms with E-state index in [2.05, 4.69) is 44.0 Å². The monoisotopic (exact) mass is 466 g/mol. The number of hydrogen-bond donors (Lipinski definition) is 4. The van der Waals surface area contributed by atoms with E-state index in [9.17, 15) is 13.6 Å². The Hall–Kier alpha value is -2.03. The van der Waals surface area contributed by atoms with Crippen LogP contribution in [0.4, 0.5) is 14.5 Å². The lowest BCUT2D eigenvalue weighted by Crippen LogP contribution is -2.52. The molecule has 2 atom stereocenters. The second-order valence-electron chi connectivity index (χ2n) is 7.36. The van der Waals surface area contributed by atoms with Gasteiger partial charge in [0.2, 0.25) is 5.91 Å². The van der Waals surface area contributed by atoms with Crippen LogP contribution in [0.3, 0.4) is 0 Å². The van der Waals surface area contributed by atoms with Crippen molar-refractivity contribution in [1.82, 2.24) is 10.6 Å². The van der Waals surface area contributed by atoms with Crippen LogP contribution in [0.15, 0.2) is 34.8 Å². The number of anilines is 1. The molecular formula is C21H25BrF2N4O. The lowest BCUT2D eigenvalue weighted by atomic mass is 9.99. The smallest absolute Gasteiger partial charge is 0.217 e. The minimum absolute atomic E-state index is 0.240. The van der Waals surface area contributed by atoms with Gasteiger partial charge in [-0.2, -0.15) is 0 Å². The quantitative estimate of drug-likeness (QED) is 0.482. The van der Waals surface area contributed by atoms with Crippen molar-refractivity contribution in [1.29, 1.82) is 0 Å². The van der Waals surface area contributed by atoms with Crippen LogP contribution in [-0.4, -0.2) is 31.1 Å². The Morgan fingerprint density at radius 3 is 2.66 bits per heavy atom. The molecule has 156 valence electrons. The predicted octanol–water partition coefficient (Wildman–Crippen LogP) is 2.86. The van der Waals surface area contributed by atoms with Crippen molar-refractivity contribution >= 4 is 27.5 Å². The molecule has 1 aliphatic rings. The number of carbonyl (C=O) groups excluding carboxylic acids is 1. The number of halogens is 3. The van der Waals surface area contributed by atoms with Gasteiger partial charge in [0.05, 0.1) is 0 Å². The van der Waals surface area contributed by atoms with E-state index in [-0.39, 0.29) is 12.3 Å². The molecule has 3 rings (SSSR count). The molecule has 1 aliphatic heterocycles. The normalized spacial score (nSPS) is 14.8. The number of benzene rings is 2. The van der Waals surface area contributed by atoms with Gasteiger partial charge in [0.1, 0.15) is 11.6 Å². The van der Waals surface area contributed by atoms with E-state index in [0.717, 1.165) is 34.8 Å².